The molecule has 0 saturated heterocycles. The van der Waals surface area contributed by atoms with Gasteiger partial charge in [-0.2, -0.15) is 0 Å². The number of carbonyl (C=O) groups excluding carboxylic acids is 2. The number of nitrogens with one attached hydrogen (secondary N) is 1. The van der Waals surface area contributed by atoms with E-state index in [2.05, 4.69) is 5.32 Å². The van der Waals surface area contributed by atoms with Gasteiger partial charge < -0.3 is 10.2 Å². The van der Waals surface area contributed by atoms with Crippen molar-refractivity contribution in [3.05, 3.63) is 64.2 Å². The molecule has 0 aromatic heterocycles. The van der Waals surface area contributed by atoms with Gasteiger partial charge in [0, 0.05) is 30.6 Å². The number of hydrogen-bond donors (Lipinski definition) is 1. The normalized spacial score (nSPS) is 14.8. The highest BCUT2D eigenvalue weighted by molar-refractivity contribution is 7.92. The van der Waals surface area contributed by atoms with E-state index >= 15 is 0 Å². The molecule has 2 aromatic rings. The Labute approximate surface area is 226 Å². The fourth-order valence-electron chi connectivity index (χ4n) is 4.75. The Kier molecular flexibility index (Phi) is 10.0. The van der Waals surface area contributed by atoms with E-state index in [1.54, 1.807) is 30.0 Å². The Bertz CT molecular complexity index is 1190. The highest BCUT2D eigenvalue weighted by Gasteiger charge is 2.29. The molecule has 1 aliphatic rings. The van der Waals surface area contributed by atoms with Gasteiger partial charge in [0.05, 0.1) is 11.9 Å². The van der Waals surface area contributed by atoms with E-state index < -0.39 is 16.1 Å². The Morgan fingerprint density at radius 3 is 2.35 bits per heavy atom. The van der Waals surface area contributed by atoms with Crippen LogP contribution in [0, 0.1) is 13.8 Å². The highest BCUT2D eigenvalue weighted by atomic mass is 35.5. The van der Waals surface area contributed by atoms with Crippen LogP contribution in [-0.2, 0) is 26.2 Å². The molecule has 0 aliphatic heterocycles. The van der Waals surface area contributed by atoms with Crippen LogP contribution < -0.4 is 9.62 Å². The maximum absolute atomic E-state index is 13.4. The summed E-state index contributed by atoms with van der Waals surface area (Å²) in [6.45, 7) is 6.02. The largest absolute Gasteiger partial charge is 0.352 e. The van der Waals surface area contributed by atoms with Crippen LogP contribution in [0.4, 0.5) is 5.69 Å². The van der Waals surface area contributed by atoms with Crippen molar-refractivity contribution in [2.75, 3.05) is 17.1 Å². The highest BCUT2D eigenvalue weighted by Crippen LogP contribution is 2.26. The fraction of sp³-hybridized carbons (Fsp3) is 0.500. The van der Waals surface area contributed by atoms with Gasteiger partial charge >= 0.3 is 0 Å². The van der Waals surface area contributed by atoms with E-state index in [1.165, 1.54) is 10.6 Å². The van der Waals surface area contributed by atoms with Gasteiger partial charge in [0.1, 0.15) is 6.04 Å². The molecule has 0 heterocycles. The summed E-state index contributed by atoms with van der Waals surface area (Å²) in [5.74, 6) is -0.360. The molecule has 1 unspecified atom stereocenters. The Balaban J connectivity index is 1.73. The van der Waals surface area contributed by atoms with Gasteiger partial charge in [-0.25, -0.2) is 8.42 Å². The number of amides is 2. The third-order valence-electron chi connectivity index (χ3n) is 7.13. The number of benzene rings is 2. The summed E-state index contributed by atoms with van der Waals surface area (Å²) in [6.07, 6.45) is 5.75. The van der Waals surface area contributed by atoms with E-state index in [0.29, 0.717) is 17.1 Å². The molecular weight excluding hydrogens is 510 g/mol. The van der Waals surface area contributed by atoms with Crippen LogP contribution in [0.5, 0.6) is 0 Å². The van der Waals surface area contributed by atoms with Crippen LogP contribution in [0.1, 0.15) is 62.1 Å². The lowest BCUT2D eigenvalue weighted by molar-refractivity contribution is -0.141. The van der Waals surface area contributed by atoms with Gasteiger partial charge in [0.25, 0.3) is 0 Å². The molecule has 0 bridgehead atoms. The van der Waals surface area contributed by atoms with Crippen LogP contribution in [0.15, 0.2) is 42.5 Å². The smallest absolute Gasteiger partial charge is 0.242 e. The van der Waals surface area contributed by atoms with Crippen molar-refractivity contribution >= 4 is 39.1 Å². The number of carbonyl (C=O) groups is 2. The summed E-state index contributed by atoms with van der Waals surface area (Å²) in [7, 11) is -3.54. The van der Waals surface area contributed by atoms with Crippen molar-refractivity contribution in [1.29, 1.82) is 0 Å². The minimum Gasteiger partial charge on any atom is -0.352 e. The number of rotatable bonds is 11. The maximum atomic E-state index is 13.4. The number of nitrogens with zero attached hydrogens (tertiary/aromatic N) is 2. The summed E-state index contributed by atoms with van der Waals surface area (Å²) in [6, 6.07) is 12.3. The Morgan fingerprint density at radius 2 is 1.73 bits per heavy atom. The standard InChI is InChI=1S/C28H38ClN3O4S/c1-20-9-7-12-26(21(20)2)32(37(4,35)36)18-8-13-27(33)31(19-23-14-16-24(29)17-15-23)22(3)28(34)30-25-10-5-6-11-25/h7,9,12,14-17,22,25H,5-6,8,10-11,13,18-19H2,1-4H3,(H,30,34). The lowest BCUT2D eigenvalue weighted by Gasteiger charge is -2.30. The number of anilines is 1. The molecule has 1 aliphatic carbocycles. The minimum atomic E-state index is -3.54. The zero-order chi connectivity index (χ0) is 27.2. The first-order chi connectivity index (χ1) is 17.5. The summed E-state index contributed by atoms with van der Waals surface area (Å²) < 4.78 is 26.6. The molecule has 3 rings (SSSR count). The fourth-order valence-corrected chi connectivity index (χ4v) is 5.89. The van der Waals surface area contributed by atoms with Gasteiger partial charge in [-0.3, -0.25) is 13.9 Å². The maximum Gasteiger partial charge on any atom is 0.242 e. The molecular formula is C28H38ClN3O4S. The van der Waals surface area contributed by atoms with Crippen molar-refractivity contribution in [2.45, 2.75) is 77.9 Å². The quantitative estimate of drug-likeness (QED) is 0.430. The van der Waals surface area contributed by atoms with E-state index in [4.69, 9.17) is 11.6 Å². The van der Waals surface area contributed by atoms with Crippen LogP contribution in [0.25, 0.3) is 0 Å². The van der Waals surface area contributed by atoms with Crippen LogP contribution in [0.2, 0.25) is 5.02 Å². The monoisotopic (exact) mass is 547 g/mol. The number of sulfonamides is 1. The van der Waals surface area contributed by atoms with Gasteiger partial charge in [-0.1, -0.05) is 48.7 Å². The zero-order valence-corrected chi connectivity index (χ0v) is 23.7. The average molecular weight is 548 g/mol. The van der Waals surface area contributed by atoms with Crippen LogP contribution in [0.3, 0.4) is 0 Å². The average Bonchev–Trinajstić information content (AvgIpc) is 3.35. The summed E-state index contributed by atoms with van der Waals surface area (Å²) in [5.41, 5.74) is 3.38. The van der Waals surface area contributed by atoms with E-state index in [9.17, 15) is 18.0 Å². The second kappa shape index (κ2) is 12.8. The van der Waals surface area contributed by atoms with E-state index in [-0.39, 0.29) is 37.4 Å². The Hall–Kier alpha value is -2.58. The van der Waals surface area contributed by atoms with Gasteiger partial charge in [-0.15, -0.1) is 0 Å². The zero-order valence-electron chi connectivity index (χ0n) is 22.2. The van der Waals surface area contributed by atoms with Crippen molar-refractivity contribution in [3.8, 4) is 0 Å². The molecule has 1 saturated carbocycles. The van der Waals surface area contributed by atoms with Crippen LogP contribution in [-0.4, -0.2) is 50.0 Å². The van der Waals surface area contributed by atoms with Crippen molar-refractivity contribution in [3.63, 3.8) is 0 Å². The molecule has 0 radical (unpaired) electrons. The summed E-state index contributed by atoms with van der Waals surface area (Å²) in [4.78, 5) is 28.1. The van der Waals surface area contributed by atoms with Crippen molar-refractivity contribution < 1.29 is 18.0 Å². The van der Waals surface area contributed by atoms with Gasteiger partial charge in [0.2, 0.25) is 21.8 Å². The van der Waals surface area contributed by atoms with E-state index in [1.807, 2.05) is 38.1 Å². The van der Waals surface area contributed by atoms with E-state index in [0.717, 1.165) is 42.4 Å². The lowest BCUT2D eigenvalue weighted by Crippen LogP contribution is -2.49. The number of aryl methyl sites for hydroxylation is 1. The van der Waals surface area contributed by atoms with Crippen LogP contribution >= 0.6 is 11.6 Å². The molecule has 1 fully saturated rings. The Morgan fingerprint density at radius 1 is 1.08 bits per heavy atom. The molecule has 37 heavy (non-hydrogen) atoms. The lowest BCUT2D eigenvalue weighted by atomic mass is 10.1. The van der Waals surface area contributed by atoms with Gasteiger partial charge in [0.15, 0.2) is 0 Å². The molecule has 1 atom stereocenters. The topological polar surface area (TPSA) is 86.8 Å². The predicted octanol–water partition coefficient (Wildman–Crippen LogP) is 4.98. The second-order valence-electron chi connectivity index (χ2n) is 9.97. The molecule has 202 valence electrons. The van der Waals surface area contributed by atoms with Crippen molar-refractivity contribution in [1.82, 2.24) is 10.2 Å². The summed E-state index contributed by atoms with van der Waals surface area (Å²) >= 11 is 6.03. The van der Waals surface area contributed by atoms with Crippen molar-refractivity contribution in [2.24, 2.45) is 0 Å². The third kappa shape index (κ3) is 7.95. The molecule has 9 heteroatoms. The third-order valence-corrected chi connectivity index (χ3v) is 8.56. The number of hydrogen-bond acceptors (Lipinski definition) is 4. The second-order valence-corrected chi connectivity index (χ2v) is 12.3. The molecule has 1 N–H and O–H groups in total. The number of halogens is 1. The first kappa shape index (κ1) is 29.0. The van der Waals surface area contributed by atoms with Gasteiger partial charge in [-0.05, 0) is 74.9 Å². The minimum absolute atomic E-state index is 0.117. The summed E-state index contributed by atoms with van der Waals surface area (Å²) in [5, 5.41) is 3.69. The first-order valence-electron chi connectivity index (χ1n) is 12.9. The molecule has 0 spiro atoms. The molecule has 2 aromatic carbocycles. The SMILES string of the molecule is Cc1cccc(N(CCCC(=O)N(Cc2ccc(Cl)cc2)C(C)C(=O)NC2CCCC2)S(C)(=O)=O)c1C. The molecule has 2 amide bonds. The molecule has 7 nitrogen and oxygen atoms in total. The first-order valence-corrected chi connectivity index (χ1v) is 15.1. The predicted molar refractivity (Wildman–Crippen MR) is 149 cm³/mol.